The van der Waals surface area contributed by atoms with Gasteiger partial charge in [0.25, 0.3) is 0 Å². The summed E-state index contributed by atoms with van der Waals surface area (Å²) in [6, 6.07) is 0.690. The molecule has 0 spiro atoms. The summed E-state index contributed by atoms with van der Waals surface area (Å²) in [6.07, 6.45) is 2.37. The number of carbonyl (C=O) groups excluding carboxylic acids is 1. The molecule has 0 atom stereocenters. The monoisotopic (exact) mass is 175 g/mol. The first kappa shape index (κ1) is 10.5. The number of nitrogens with zero attached hydrogens (tertiary/aromatic N) is 1. The highest BCUT2D eigenvalue weighted by Crippen LogP contribution is 2.14. The third-order valence-corrected chi connectivity index (χ3v) is 4.26. The zero-order valence-electron chi connectivity index (χ0n) is 7.09. The SMILES string of the molecule is CCC[Si](N=C=O)(OC)OC. The predicted molar refractivity (Wildman–Crippen MR) is 43.0 cm³/mol. The van der Waals surface area contributed by atoms with Gasteiger partial charge >= 0.3 is 8.72 Å². The van der Waals surface area contributed by atoms with Crippen LogP contribution >= 0.6 is 0 Å². The molecule has 0 aliphatic rings. The molecule has 64 valence electrons. The van der Waals surface area contributed by atoms with Gasteiger partial charge in [-0.2, -0.15) is 4.66 Å². The predicted octanol–water partition coefficient (Wildman–Crippen LogP) is 0.964. The maximum absolute atomic E-state index is 10.00. The van der Waals surface area contributed by atoms with Crippen LogP contribution in [0.15, 0.2) is 4.66 Å². The number of hydrogen-bond acceptors (Lipinski definition) is 4. The molecule has 0 aromatic heterocycles. The van der Waals surface area contributed by atoms with Crippen molar-refractivity contribution in [2.45, 2.75) is 19.4 Å². The van der Waals surface area contributed by atoms with Crippen molar-refractivity contribution in [3.05, 3.63) is 0 Å². The molecule has 5 heteroatoms. The summed E-state index contributed by atoms with van der Waals surface area (Å²) in [7, 11) is 0.470. The van der Waals surface area contributed by atoms with Gasteiger partial charge in [0.2, 0.25) is 6.08 Å². The van der Waals surface area contributed by atoms with Crippen LogP contribution in [0, 0.1) is 0 Å². The molecular formula is C6H13NO3Si. The van der Waals surface area contributed by atoms with E-state index in [1.54, 1.807) is 0 Å². The molecule has 0 saturated heterocycles. The van der Waals surface area contributed by atoms with Crippen molar-refractivity contribution in [2.75, 3.05) is 14.2 Å². The van der Waals surface area contributed by atoms with E-state index in [0.717, 1.165) is 6.42 Å². The second kappa shape index (κ2) is 5.20. The van der Waals surface area contributed by atoms with Gasteiger partial charge in [-0.25, -0.2) is 4.79 Å². The van der Waals surface area contributed by atoms with Crippen molar-refractivity contribution >= 4 is 14.8 Å². The normalized spacial score (nSPS) is 10.8. The molecule has 0 rings (SSSR count). The first-order valence-electron chi connectivity index (χ1n) is 3.44. The van der Waals surface area contributed by atoms with Crippen LogP contribution in [-0.2, 0) is 13.6 Å². The molecule has 4 nitrogen and oxygen atoms in total. The summed E-state index contributed by atoms with van der Waals surface area (Å²) in [5, 5.41) is 0. The molecule has 0 saturated carbocycles. The standard InChI is InChI=1S/C6H13NO3Si/c1-4-5-11(9-2,10-3)7-6-8/h4-5H2,1-3H3. The van der Waals surface area contributed by atoms with Crippen LogP contribution in [0.4, 0.5) is 0 Å². The Morgan fingerprint density at radius 1 is 1.45 bits per heavy atom. The topological polar surface area (TPSA) is 47.9 Å². The minimum Gasteiger partial charge on any atom is -0.380 e. The molecule has 0 heterocycles. The van der Waals surface area contributed by atoms with E-state index in [0.29, 0.717) is 6.04 Å². The van der Waals surface area contributed by atoms with E-state index < -0.39 is 8.72 Å². The highest BCUT2D eigenvalue weighted by Gasteiger charge is 2.35. The Kier molecular flexibility index (Phi) is 4.98. The van der Waals surface area contributed by atoms with Crippen molar-refractivity contribution in [1.29, 1.82) is 0 Å². The largest absolute Gasteiger partial charge is 0.488 e. The quantitative estimate of drug-likeness (QED) is 0.355. The van der Waals surface area contributed by atoms with E-state index >= 15 is 0 Å². The van der Waals surface area contributed by atoms with Gasteiger partial charge in [0, 0.05) is 20.3 Å². The average molecular weight is 175 g/mol. The summed E-state index contributed by atoms with van der Waals surface area (Å²) in [5.41, 5.74) is 0. The van der Waals surface area contributed by atoms with Gasteiger partial charge in [-0.15, -0.1) is 0 Å². The lowest BCUT2D eigenvalue weighted by Gasteiger charge is -2.18. The lowest BCUT2D eigenvalue weighted by Crippen LogP contribution is -2.37. The molecule has 0 aliphatic heterocycles. The van der Waals surface area contributed by atoms with Crippen molar-refractivity contribution in [1.82, 2.24) is 0 Å². The molecule has 0 aromatic rings. The first-order chi connectivity index (χ1) is 5.24. The van der Waals surface area contributed by atoms with Gasteiger partial charge in [0.1, 0.15) is 0 Å². The smallest absolute Gasteiger partial charge is 0.380 e. The van der Waals surface area contributed by atoms with Gasteiger partial charge in [-0.05, 0) is 0 Å². The van der Waals surface area contributed by atoms with Crippen molar-refractivity contribution in [2.24, 2.45) is 4.66 Å². The average Bonchev–Trinajstić information content (AvgIpc) is 2.04. The Labute approximate surface area is 67.6 Å². The fourth-order valence-corrected chi connectivity index (χ4v) is 2.46. The van der Waals surface area contributed by atoms with Crippen LogP contribution in [0.3, 0.4) is 0 Å². The fraction of sp³-hybridized carbons (Fsp3) is 0.833. The van der Waals surface area contributed by atoms with Crippen LogP contribution in [0.25, 0.3) is 0 Å². The second-order valence-electron chi connectivity index (χ2n) is 2.07. The third kappa shape index (κ3) is 2.94. The second-order valence-corrected chi connectivity index (χ2v) is 5.04. The highest BCUT2D eigenvalue weighted by molar-refractivity contribution is 6.66. The zero-order chi connectivity index (χ0) is 8.74. The molecule has 11 heavy (non-hydrogen) atoms. The number of hydrogen-bond donors (Lipinski definition) is 0. The van der Waals surface area contributed by atoms with Crippen LogP contribution < -0.4 is 0 Å². The summed E-state index contributed by atoms with van der Waals surface area (Å²) in [4.78, 5) is 10.00. The highest BCUT2D eigenvalue weighted by atomic mass is 28.4. The third-order valence-electron chi connectivity index (χ3n) is 1.42. The van der Waals surface area contributed by atoms with Crippen LogP contribution in [-0.4, -0.2) is 29.0 Å². The minimum atomic E-state index is -2.54. The van der Waals surface area contributed by atoms with Crippen LogP contribution in [0.1, 0.15) is 13.3 Å². The molecule has 0 amide bonds. The maximum Gasteiger partial charge on any atom is 0.488 e. The van der Waals surface area contributed by atoms with E-state index in [2.05, 4.69) is 4.66 Å². The Bertz CT molecular complexity index is 152. The van der Waals surface area contributed by atoms with Crippen LogP contribution in [0.5, 0.6) is 0 Å². The number of rotatable bonds is 5. The van der Waals surface area contributed by atoms with Gasteiger partial charge in [0.15, 0.2) is 0 Å². The van der Waals surface area contributed by atoms with E-state index in [-0.39, 0.29) is 0 Å². The first-order valence-corrected chi connectivity index (χ1v) is 5.41. The minimum absolute atomic E-state index is 0.690. The van der Waals surface area contributed by atoms with Gasteiger partial charge in [-0.3, -0.25) is 0 Å². The van der Waals surface area contributed by atoms with Crippen molar-refractivity contribution in [3.8, 4) is 0 Å². The molecule has 0 aliphatic carbocycles. The summed E-state index contributed by atoms with van der Waals surface area (Å²) in [5.74, 6) is 0. The summed E-state index contributed by atoms with van der Waals surface area (Å²) < 4.78 is 13.7. The van der Waals surface area contributed by atoms with E-state index in [1.165, 1.54) is 20.3 Å². The van der Waals surface area contributed by atoms with Crippen molar-refractivity contribution < 1.29 is 13.6 Å². The Morgan fingerprint density at radius 3 is 2.27 bits per heavy atom. The number of isocyanates is 1. The van der Waals surface area contributed by atoms with Crippen molar-refractivity contribution in [3.63, 3.8) is 0 Å². The zero-order valence-corrected chi connectivity index (χ0v) is 8.09. The Hall–Kier alpha value is -0.483. The molecular weight excluding hydrogens is 162 g/mol. The maximum atomic E-state index is 10.00. The van der Waals surface area contributed by atoms with E-state index in [4.69, 9.17) is 8.85 Å². The molecule has 0 bridgehead atoms. The van der Waals surface area contributed by atoms with E-state index in [1.807, 2.05) is 6.92 Å². The van der Waals surface area contributed by atoms with E-state index in [9.17, 15) is 4.79 Å². The van der Waals surface area contributed by atoms with Crippen LogP contribution in [0.2, 0.25) is 6.04 Å². The lowest BCUT2D eigenvalue weighted by molar-refractivity contribution is 0.243. The molecule has 0 unspecified atom stereocenters. The Morgan fingerprint density at radius 2 is 2.00 bits per heavy atom. The van der Waals surface area contributed by atoms with Gasteiger partial charge in [0.05, 0.1) is 0 Å². The molecule has 0 radical (unpaired) electrons. The molecule has 0 N–H and O–H groups in total. The van der Waals surface area contributed by atoms with Gasteiger partial charge in [-0.1, -0.05) is 13.3 Å². The lowest BCUT2D eigenvalue weighted by atomic mass is 10.6. The summed E-state index contributed by atoms with van der Waals surface area (Å²) >= 11 is 0. The summed E-state index contributed by atoms with van der Waals surface area (Å²) in [6.45, 7) is 1.99. The molecule has 0 aromatic carbocycles. The fourth-order valence-electron chi connectivity index (χ4n) is 0.820. The molecule has 0 fully saturated rings. The van der Waals surface area contributed by atoms with Gasteiger partial charge < -0.3 is 8.85 Å². The Balaban J connectivity index is 4.31.